The van der Waals surface area contributed by atoms with E-state index in [1.807, 2.05) is 24.3 Å². The number of nitrogen functional groups attached to an aromatic ring is 1. The van der Waals surface area contributed by atoms with E-state index in [1.165, 1.54) is 12.8 Å². The van der Waals surface area contributed by atoms with Crippen molar-refractivity contribution in [3.8, 4) is 17.1 Å². The summed E-state index contributed by atoms with van der Waals surface area (Å²) in [6, 6.07) is 10.3. The van der Waals surface area contributed by atoms with Crippen LogP contribution in [-0.2, 0) is 0 Å². The number of nitrogens with two attached hydrogens (primary N) is 1. The van der Waals surface area contributed by atoms with Gasteiger partial charge in [0.1, 0.15) is 23.8 Å². The second-order valence-corrected chi connectivity index (χ2v) is 12.6. The molecular formula is C31H33ClFN7O. The van der Waals surface area contributed by atoms with Gasteiger partial charge in [0.05, 0.1) is 10.6 Å². The van der Waals surface area contributed by atoms with Crippen LogP contribution >= 0.6 is 11.6 Å². The summed E-state index contributed by atoms with van der Waals surface area (Å²) in [6.45, 7) is 4.34. The van der Waals surface area contributed by atoms with Crippen molar-refractivity contribution in [1.82, 2.24) is 25.2 Å². The number of halogens is 2. The highest BCUT2D eigenvalue weighted by atomic mass is 35.5. The van der Waals surface area contributed by atoms with Crippen LogP contribution in [0.25, 0.3) is 32.8 Å². The number of pyridine rings is 1. The molecule has 3 N–H and O–H groups in total. The zero-order valence-electron chi connectivity index (χ0n) is 22.9. The van der Waals surface area contributed by atoms with E-state index in [1.54, 1.807) is 12.3 Å². The lowest BCUT2D eigenvalue weighted by atomic mass is 9.95. The molecule has 2 bridgehead atoms. The Labute approximate surface area is 243 Å². The third kappa shape index (κ3) is 4.20. The number of ether oxygens (including phenoxy) is 1. The number of piperazine rings is 1. The summed E-state index contributed by atoms with van der Waals surface area (Å²) < 4.78 is 23.1. The zero-order chi connectivity index (χ0) is 27.7. The molecule has 2 unspecified atom stereocenters. The molecule has 4 aliphatic rings. The highest BCUT2D eigenvalue weighted by Gasteiger charge is 2.45. The van der Waals surface area contributed by atoms with Crippen LogP contribution < -0.4 is 20.7 Å². The van der Waals surface area contributed by atoms with E-state index >= 15 is 4.39 Å². The summed E-state index contributed by atoms with van der Waals surface area (Å²) in [6.07, 6.45) is 8.52. The molecule has 4 aliphatic heterocycles. The Hall–Kier alpha value is -3.27. The molecule has 212 valence electrons. The van der Waals surface area contributed by atoms with Crippen molar-refractivity contribution in [3.05, 3.63) is 47.4 Å². The topological polar surface area (TPSA) is 92.4 Å². The number of anilines is 2. The molecule has 0 spiro atoms. The summed E-state index contributed by atoms with van der Waals surface area (Å²) in [5.74, 6) is 0.617. The van der Waals surface area contributed by atoms with Crippen molar-refractivity contribution in [2.24, 2.45) is 0 Å². The zero-order valence-corrected chi connectivity index (χ0v) is 23.6. The van der Waals surface area contributed by atoms with E-state index in [-0.39, 0.29) is 17.1 Å². The molecule has 0 radical (unpaired) electrons. The van der Waals surface area contributed by atoms with Gasteiger partial charge < -0.3 is 20.7 Å². The van der Waals surface area contributed by atoms with E-state index in [0.717, 1.165) is 62.6 Å². The fourth-order valence-electron chi connectivity index (χ4n) is 7.75. The molecule has 2 atom stereocenters. The number of nitrogens with zero attached hydrogens (tertiary/aromatic N) is 5. The Morgan fingerprint density at radius 2 is 1.85 bits per heavy atom. The normalized spacial score (nSPS) is 23.5. The summed E-state index contributed by atoms with van der Waals surface area (Å²) >= 11 is 6.89. The van der Waals surface area contributed by atoms with Crippen LogP contribution in [0, 0.1) is 5.82 Å². The van der Waals surface area contributed by atoms with Gasteiger partial charge in [-0.3, -0.25) is 4.90 Å². The number of nitrogens with one attached hydrogen (secondary N) is 1. The second-order valence-electron chi connectivity index (χ2n) is 12.2. The van der Waals surface area contributed by atoms with Gasteiger partial charge >= 0.3 is 6.01 Å². The molecule has 41 heavy (non-hydrogen) atoms. The third-order valence-corrected chi connectivity index (χ3v) is 9.99. The molecule has 4 aromatic rings. The summed E-state index contributed by atoms with van der Waals surface area (Å²) in [7, 11) is 0. The minimum absolute atomic E-state index is 0.0358. The average molecular weight is 574 g/mol. The molecule has 2 aromatic carbocycles. The summed E-state index contributed by atoms with van der Waals surface area (Å²) in [5.41, 5.74) is 7.13. The van der Waals surface area contributed by atoms with Crippen LogP contribution in [0.15, 0.2) is 36.5 Å². The van der Waals surface area contributed by atoms with E-state index in [0.29, 0.717) is 51.9 Å². The van der Waals surface area contributed by atoms with Crippen LogP contribution in [0.5, 0.6) is 6.01 Å². The number of rotatable bonds is 5. The highest BCUT2D eigenvalue weighted by Crippen LogP contribution is 2.43. The minimum Gasteiger partial charge on any atom is -0.461 e. The summed E-state index contributed by atoms with van der Waals surface area (Å²) in [4.78, 5) is 18.7. The lowest BCUT2D eigenvalue weighted by Gasteiger charge is -2.35. The minimum atomic E-state index is -0.482. The van der Waals surface area contributed by atoms with Crippen LogP contribution in [0.1, 0.15) is 38.5 Å². The Morgan fingerprint density at radius 3 is 2.63 bits per heavy atom. The first-order valence-electron chi connectivity index (χ1n) is 14.7. The number of benzene rings is 2. The second kappa shape index (κ2) is 9.64. The molecule has 0 amide bonds. The first-order chi connectivity index (χ1) is 20.0. The lowest BCUT2D eigenvalue weighted by molar-refractivity contribution is 0.108. The van der Waals surface area contributed by atoms with Crippen molar-refractivity contribution in [2.45, 2.75) is 56.1 Å². The largest absolute Gasteiger partial charge is 0.461 e. The van der Waals surface area contributed by atoms with Crippen molar-refractivity contribution in [2.75, 3.05) is 43.4 Å². The van der Waals surface area contributed by atoms with Crippen LogP contribution in [-0.4, -0.2) is 70.3 Å². The van der Waals surface area contributed by atoms with E-state index < -0.39 is 5.82 Å². The van der Waals surface area contributed by atoms with E-state index in [4.69, 9.17) is 32.0 Å². The van der Waals surface area contributed by atoms with E-state index in [9.17, 15) is 0 Å². The van der Waals surface area contributed by atoms with Crippen LogP contribution in [0.2, 0.25) is 5.02 Å². The van der Waals surface area contributed by atoms with Crippen LogP contribution in [0.3, 0.4) is 0 Å². The van der Waals surface area contributed by atoms with Gasteiger partial charge in [0.15, 0.2) is 5.82 Å². The van der Waals surface area contributed by atoms with Crippen molar-refractivity contribution in [1.29, 1.82) is 0 Å². The molecule has 6 heterocycles. The van der Waals surface area contributed by atoms with Crippen LogP contribution in [0.4, 0.5) is 16.0 Å². The van der Waals surface area contributed by atoms with Gasteiger partial charge in [-0.05, 0) is 74.7 Å². The maximum absolute atomic E-state index is 16.8. The van der Waals surface area contributed by atoms with Gasteiger partial charge in [-0.1, -0.05) is 29.8 Å². The molecule has 0 saturated carbocycles. The molecular weight excluding hydrogens is 541 g/mol. The SMILES string of the molecule is Nc1cc2cccc(-c3c(Cl)cc4c(N5CC6CCC(C5)N6)nc(OCC56CCCN5CCC6)nc4c3F)c2cn1. The van der Waals surface area contributed by atoms with Gasteiger partial charge in [-0.2, -0.15) is 9.97 Å². The fraction of sp³-hybridized carbons (Fsp3) is 0.452. The number of hydrogen-bond acceptors (Lipinski definition) is 8. The first kappa shape index (κ1) is 25.4. The average Bonchev–Trinajstić information content (AvgIpc) is 3.65. The standard InChI is InChI=1S/C31H33ClFN7O/c32-24-13-22-28(27(33)26(24)21-5-1-4-18-12-25(34)35-14-23(18)21)37-30(41-17-31-8-2-10-40(31)11-3-9-31)38-29(22)39-15-19-6-7-20(16-39)36-19/h1,4-5,12-14,19-20,36H,2-3,6-11,15-17H2,(H2,34,35). The molecule has 0 aliphatic carbocycles. The maximum atomic E-state index is 16.8. The number of fused-ring (bicyclic) bond motifs is 5. The van der Waals surface area contributed by atoms with E-state index in [2.05, 4.69) is 20.1 Å². The Bertz CT molecular complexity index is 1660. The van der Waals surface area contributed by atoms with Gasteiger partial charge in [-0.25, -0.2) is 9.37 Å². The van der Waals surface area contributed by atoms with Gasteiger partial charge in [0.2, 0.25) is 0 Å². The molecule has 4 saturated heterocycles. The number of hydrogen-bond donors (Lipinski definition) is 2. The smallest absolute Gasteiger partial charge is 0.319 e. The molecule has 4 fully saturated rings. The predicted octanol–water partition coefficient (Wildman–Crippen LogP) is 5.17. The van der Waals surface area contributed by atoms with Crippen molar-refractivity contribution >= 4 is 44.9 Å². The first-order valence-corrected chi connectivity index (χ1v) is 15.1. The van der Waals surface area contributed by atoms with Crippen molar-refractivity contribution in [3.63, 3.8) is 0 Å². The molecule has 8 rings (SSSR count). The fourth-order valence-corrected chi connectivity index (χ4v) is 8.04. The Kier molecular flexibility index (Phi) is 5.98. The van der Waals surface area contributed by atoms with Gasteiger partial charge in [0.25, 0.3) is 0 Å². The van der Waals surface area contributed by atoms with Gasteiger partial charge in [-0.15, -0.1) is 0 Å². The number of aromatic nitrogens is 3. The quantitative estimate of drug-likeness (QED) is 0.338. The Morgan fingerprint density at radius 1 is 1.07 bits per heavy atom. The third-order valence-electron chi connectivity index (χ3n) is 9.69. The molecule has 10 heteroatoms. The van der Waals surface area contributed by atoms with Crippen molar-refractivity contribution < 1.29 is 9.13 Å². The predicted molar refractivity (Wildman–Crippen MR) is 160 cm³/mol. The maximum Gasteiger partial charge on any atom is 0.319 e. The Balaban J connectivity index is 1.27. The molecule has 8 nitrogen and oxygen atoms in total. The lowest BCUT2D eigenvalue weighted by Crippen LogP contribution is -2.51. The summed E-state index contributed by atoms with van der Waals surface area (Å²) in [5, 5.41) is 6.23. The van der Waals surface area contributed by atoms with Gasteiger partial charge in [0, 0.05) is 47.7 Å². The highest BCUT2D eigenvalue weighted by molar-refractivity contribution is 6.35. The monoisotopic (exact) mass is 573 g/mol. The molecule has 2 aromatic heterocycles.